The number of hydrogen-bond acceptors (Lipinski definition) is 3. The summed E-state index contributed by atoms with van der Waals surface area (Å²) in [6.45, 7) is 1.82. The maximum absolute atomic E-state index is 12.5. The molecule has 0 aliphatic heterocycles. The molecule has 1 aromatic carbocycles. The molecular weight excluding hydrogens is 297 g/mol. The third kappa shape index (κ3) is 3.66. The van der Waals surface area contributed by atoms with Gasteiger partial charge in [-0.05, 0) is 38.3 Å². The summed E-state index contributed by atoms with van der Waals surface area (Å²) < 4.78 is 37.5. The van der Waals surface area contributed by atoms with Crippen LogP contribution in [0.25, 0.3) is 0 Å². The van der Waals surface area contributed by atoms with E-state index >= 15 is 0 Å². The van der Waals surface area contributed by atoms with Crippen LogP contribution in [0.4, 0.5) is 13.2 Å². The molecule has 0 spiro atoms. The van der Waals surface area contributed by atoms with Gasteiger partial charge in [0.25, 0.3) is 11.7 Å². The molecule has 22 heavy (non-hydrogen) atoms. The highest BCUT2D eigenvalue weighted by molar-refractivity contribution is 6.00. The predicted octanol–water partition coefficient (Wildman–Crippen LogP) is 2.80. The van der Waals surface area contributed by atoms with Crippen LogP contribution >= 0.6 is 0 Å². The lowest BCUT2D eigenvalue weighted by Crippen LogP contribution is -2.38. The van der Waals surface area contributed by atoms with Gasteiger partial charge in [-0.25, -0.2) is 0 Å². The number of allylic oxidation sites excluding steroid dienone is 2. The molecule has 0 atom stereocenters. The third-order valence-corrected chi connectivity index (χ3v) is 3.36. The van der Waals surface area contributed by atoms with E-state index in [0.29, 0.717) is 18.4 Å². The van der Waals surface area contributed by atoms with E-state index < -0.39 is 17.9 Å². The standard InChI is InChI=1S/C15H15F3N2O2/c1-9-4-2-5-10(8-9)14(22)20-19-12-7-3-6-11(12)13(21)15(16,17)18/h2,4-5,8,19H,3,6-7H2,1H3,(H,20,22). The number of carbonyl (C=O) groups excluding carboxylic acids is 2. The Morgan fingerprint density at radius 3 is 2.55 bits per heavy atom. The quantitative estimate of drug-likeness (QED) is 0.841. The molecule has 0 bridgehead atoms. The number of Topliss-reactive ketones (excluding diaryl/α,β-unsaturated/α-hetero) is 1. The second-order valence-corrected chi connectivity index (χ2v) is 5.09. The zero-order valence-corrected chi connectivity index (χ0v) is 11.9. The van der Waals surface area contributed by atoms with E-state index in [-0.39, 0.29) is 17.7 Å². The number of halogens is 3. The maximum Gasteiger partial charge on any atom is 0.454 e. The summed E-state index contributed by atoms with van der Waals surface area (Å²) in [5.41, 5.74) is 5.89. The first-order valence-electron chi connectivity index (χ1n) is 6.75. The van der Waals surface area contributed by atoms with E-state index in [0.717, 1.165) is 5.56 Å². The SMILES string of the molecule is Cc1cccc(C(=O)NNC2=C(C(=O)C(F)(F)F)CCC2)c1. The highest BCUT2D eigenvalue weighted by atomic mass is 19.4. The minimum atomic E-state index is -4.90. The molecule has 0 fully saturated rings. The average molecular weight is 312 g/mol. The van der Waals surface area contributed by atoms with E-state index in [9.17, 15) is 22.8 Å². The second-order valence-electron chi connectivity index (χ2n) is 5.09. The zero-order valence-electron chi connectivity index (χ0n) is 11.9. The molecule has 0 radical (unpaired) electrons. The number of nitrogens with one attached hydrogen (secondary N) is 2. The number of benzene rings is 1. The van der Waals surface area contributed by atoms with Crippen LogP contribution in [0.15, 0.2) is 35.5 Å². The molecular formula is C15H15F3N2O2. The summed E-state index contributed by atoms with van der Waals surface area (Å²) in [4.78, 5) is 23.2. The second kappa shape index (κ2) is 6.21. The molecule has 1 aliphatic carbocycles. The Morgan fingerprint density at radius 2 is 1.91 bits per heavy atom. The summed E-state index contributed by atoms with van der Waals surface area (Å²) in [6.07, 6.45) is -4.10. The normalized spacial score (nSPS) is 14.9. The molecule has 4 nitrogen and oxygen atoms in total. The summed E-state index contributed by atoms with van der Waals surface area (Å²) in [6, 6.07) is 6.78. The van der Waals surface area contributed by atoms with Gasteiger partial charge in [-0.3, -0.25) is 15.0 Å². The van der Waals surface area contributed by atoms with Gasteiger partial charge in [0, 0.05) is 16.8 Å². The first-order valence-corrected chi connectivity index (χ1v) is 6.75. The minimum Gasteiger partial charge on any atom is -0.302 e. The first kappa shape index (κ1) is 16.1. The van der Waals surface area contributed by atoms with Crippen LogP contribution in [-0.4, -0.2) is 17.9 Å². The highest BCUT2D eigenvalue weighted by Gasteiger charge is 2.42. The van der Waals surface area contributed by atoms with Gasteiger partial charge in [-0.15, -0.1) is 0 Å². The molecule has 1 amide bonds. The van der Waals surface area contributed by atoms with Crippen molar-refractivity contribution in [1.82, 2.24) is 10.9 Å². The van der Waals surface area contributed by atoms with Crippen molar-refractivity contribution in [3.8, 4) is 0 Å². The van der Waals surface area contributed by atoms with Gasteiger partial charge in [0.2, 0.25) is 0 Å². The Hall–Kier alpha value is -2.31. The predicted molar refractivity (Wildman–Crippen MR) is 73.7 cm³/mol. The molecule has 0 saturated carbocycles. The number of hydrogen-bond donors (Lipinski definition) is 2. The molecule has 0 unspecified atom stereocenters. The van der Waals surface area contributed by atoms with E-state index in [2.05, 4.69) is 10.9 Å². The lowest BCUT2D eigenvalue weighted by molar-refractivity contribution is -0.166. The Kier molecular flexibility index (Phi) is 4.54. The van der Waals surface area contributed by atoms with Crippen molar-refractivity contribution in [2.45, 2.75) is 32.4 Å². The largest absolute Gasteiger partial charge is 0.454 e. The van der Waals surface area contributed by atoms with Crippen molar-refractivity contribution in [2.75, 3.05) is 0 Å². The van der Waals surface area contributed by atoms with Gasteiger partial charge in [-0.1, -0.05) is 17.7 Å². The maximum atomic E-state index is 12.5. The van der Waals surface area contributed by atoms with Crippen molar-refractivity contribution in [3.63, 3.8) is 0 Å². The van der Waals surface area contributed by atoms with Crippen molar-refractivity contribution < 1.29 is 22.8 Å². The smallest absolute Gasteiger partial charge is 0.302 e. The summed E-state index contributed by atoms with van der Waals surface area (Å²) in [5.74, 6) is -2.32. The van der Waals surface area contributed by atoms with Crippen LogP contribution in [0.3, 0.4) is 0 Å². The summed E-state index contributed by atoms with van der Waals surface area (Å²) in [5, 5.41) is 0. The van der Waals surface area contributed by atoms with Crippen molar-refractivity contribution in [1.29, 1.82) is 0 Å². The molecule has 2 rings (SSSR count). The average Bonchev–Trinajstić information content (AvgIpc) is 2.91. The van der Waals surface area contributed by atoms with Gasteiger partial charge >= 0.3 is 6.18 Å². The molecule has 0 saturated heterocycles. The van der Waals surface area contributed by atoms with Crippen LogP contribution in [-0.2, 0) is 4.79 Å². The molecule has 0 heterocycles. The zero-order chi connectivity index (χ0) is 16.3. The Balaban J connectivity index is 2.07. The Bertz CT molecular complexity index is 636. The van der Waals surface area contributed by atoms with Crippen molar-refractivity contribution in [2.24, 2.45) is 0 Å². The van der Waals surface area contributed by atoms with E-state index in [1.807, 2.05) is 13.0 Å². The van der Waals surface area contributed by atoms with Gasteiger partial charge in [0.1, 0.15) is 0 Å². The van der Waals surface area contributed by atoms with E-state index in [1.165, 1.54) is 0 Å². The molecule has 2 N–H and O–H groups in total. The monoisotopic (exact) mass is 312 g/mol. The van der Waals surface area contributed by atoms with Crippen LogP contribution in [0, 0.1) is 6.92 Å². The first-order chi connectivity index (χ1) is 10.3. The van der Waals surface area contributed by atoms with Crippen LogP contribution in [0.5, 0.6) is 0 Å². The van der Waals surface area contributed by atoms with Gasteiger partial charge in [0.05, 0.1) is 0 Å². The summed E-state index contributed by atoms with van der Waals surface area (Å²) >= 11 is 0. The molecule has 0 aromatic heterocycles. The molecule has 7 heteroatoms. The van der Waals surface area contributed by atoms with Crippen LogP contribution in [0.1, 0.15) is 35.2 Å². The van der Waals surface area contributed by atoms with Crippen molar-refractivity contribution >= 4 is 11.7 Å². The van der Waals surface area contributed by atoms with Gasteiger partial charge in [0.15, 0.2) is 0 Å². The lowest BCUT2D eigenvalue weighted by Gasteiger charge is -2.12. The van der Waals surface area contributed by atoms with Gasteiger partial charge < -0.3 is 5.43 Å². The Labute approximate surface area is 125 Å². The van der Waals surface area contributed by atoms with Crippen LogP contribution < -0.4 is 10.9 Å². The molecule has 1 aromatic rings. The number of hydrazine groups is 1. The number of amides is 1. The Morgan fingerprint density at radius 1 is 1.18 bits per heavy atom. The number of alkyl halides is 3. The number of rotatable bonds is 4. The fraction of sp³-hybridized carbons (Fsp3) is 0.333. The third-order valence-electron chi connectivity index (χ3n) is 3.36. The topological polar surface area (TPSA) is 58.2 Å². The molecule has 1 aliphatic rings. The lowest BCUT2D eigenvalue weighted by atomic mass is 10.1. The highest BCUT2D eigenvalue weighted by Crippen LogP contribution is 2.30. The number of ketones is 1. The van der Waals surface area contributed by atoms with Gasteiger partial charge in [-0.2, -0.15) is 13.2 Å². The minimum absolute atomic E-state index is 0.0565. The number of aryl methyl sites for hydroxylation is 1. The van der Waals surface area contributed by atoms with Crippen LogP contribution in [0.2, 0.25) is 0 Å². The van der Waals surface area contributed by atoms with E-state index in [4.69, 9.17) is 0 Å². The fourth-order valence-electron chi connectivity index (χ4n) is 2.29. The number of carbonyl (C=O) groups is 2. The fourth-order valence-corrected chi connectivity index (χ4v) is 2.29. The molecule has 118 valence electrons. The van der Waals surface area contributed by atoms with Crippen molar-refractivity contribution in [3.05, 3.63) is 46.7 Å². The van der Waals surface area contributed by atoms with E-state index in [1.54, 1.807) is 18.2 Å². The summed E-state index contributed by atoms with van der Waals surface area (Å²) in [7, 11) is 0.